The molecule has 0 radical (unpaired) electrons. The number of benzene rings is 2. The number of ketones is 1. The van der Waals surface area contributed by atoms with E-state index in [4.69, 9.17) is 10.7 Å². The van der Waals surface area contributed by atoms with E-state index in [2.05, 4.69) is 4.98 Å². The number of carbonyl (C=O) groups excluding carboxylic acids is 1. The summed E-state index contributed by atoms with van der Waals surface area (Å²) in [5, 5.41) is 1.57. The van der Waals surface area contributed by atoms with Gasteiger partial charge < -0.3 is 5.73 Å². The number of para-hydroxylation sites is 1. The SMILES string of the molecule is CCn1c(=O)c(C(=O)CSc2nc(C3CC3)nc3ccccc23)c(N)n(Cc2ccccc2)c1=O. The van der Waals surface area contributed by atoms with Crippen molar-refractivity contribution in [1.29, 1.82) is 0 Å². The van der Waals surface area contributed by atoms with Crippen LogP contribution in [0, 0.1) is 0 Å². The predicted molar refractivity (Wildman–Crippen MR) is 137 cm³/mol. The summed E-state index contributed by atoms with van der Waals surface area (Å²) in [5.41, 5.74) is 6.62. The van der Waals surface area contributed by atoms with Crippen LogP contribution in [-0.4, -0.2) is 30.6 Å². The number of nitrogens with zero attached hydrogens (tertiary/aromatic N) is 4. The van der Waals surface area contributed by atoms with Gasteiger partial charge in [-0.05, 0) is 31.4 Å². The van der Waals surface area contributed by atoms with Gasteiger partial charge in [-0.3, -0.25) is 18.7 Å². The Balaban J connectivity index is 1.50. The number of hydrogen-bond donors (Lipinski definition) is 1. The van der Waals surface area contributed by atoms with Gasteiger partial charge in [0.25, 0.3) is 5.56 Å². The third kappa shape index (κ3) is 4.51. The van der Waals surface area contributed by atoms with Gasteiger partial charge in [0.05, 0.1) is 17.8 Å². The van der Waals surface area contributed by atoms with Crippen LogP contribution in [0.5, 0.6) is 0 Å². The molecule has 0 spiro atoms. The molecule has 8 nitrogen and oxygen atoms in total. The Morgan fingerprint density at radius 1 is 1.03 bits per heavy atom. The zero-order chi connectivity index (χ0) is 24.5. The van der Waals surface area contributed by atoms with Crippen molar-refractivity contribution >= 4 is 34.3 Å². The second-order valence-corrected chi connectivity index (χ2v) is 9.52. The monoisotopic (exact) mass is 487 g/mol. The average molecular weight is 488 g/mol. The molecule has 0 bridgehead atoms. The number of anilines is 1. The van der Waals surface area contributed by atoms with E-state index in [1.54, 1.807) is 6.92 Å². The number of nitrogen functional groups attached to an aromatic ring is 1. The van der Waals surface area contributed by atoms with Crippen LogP contribution in [0.15, 0.2) is 69.2 Å². The number of nitrogens with two attached hydrogens (primary N) is 1. The standard InChI is InChI=1S/C26H25N5O3S/c1-2-30-25(33)21(22(27)31(26(30)34)14-16-8-4-3-5-9-16)20(32)15-35-24-18-10-6-7-11-19(18)28-23(29-24)17-12-13-17/h3-11,17H,2,12-15,27H2,1H3. The van der Waals surface area contributed by atoms with E-state index in [0.717, 1.165) is 39.7 Å². The number of aromatic nitrogens is 4. The van der Waals surface area contributed by atoms with Gasteiger partial charge in [-0.2, -0.15) is 0 Å². The van der Waals surface area contributed by atoms with E-state index in [9.17, 15) is 14.4 Å². The fourth-order valence-electron chi connectivity index (χ4n) is 4.08. The number of thioether (sulfide) groups is 1. The highest BCUT2D eigenvalue weighted by molar-refractivity contribution is 8.00. The van der Waals surface area contributed by atoms with E-state index in [1.165, 1.54) is 16.3 Å². The van der Waals surface area contributed by atoms with Gasteiger partial charge in [-0.1, -0.05) is 60.3 Å². The molecule has 0 saturated heterocycles. The lowest BCUT2D eigenvalue weighted by Crippen LogP contribution is -2.44. The Kier molecular flexibility index (Phi) is 6.25. The Bertz CT molecular complexity index is 1540. The maximum Gasteiger partial charge on any atom is 0.332 e. The van der Waals surface area contributed by atoms with Crippen molar-refractivity contribution in [3.05, 3.63) is 92.4 Å². The topological polar surface area (TPSA) is 113 Å². The largest absolute Gasteiger partial charge is 0.384 e. The van der Waals surface area contributed by atoms with Gasteiger partial charge >= 0.3 is 5.69 Å². The number of Topliss-reactive ketones (excluding diaryl/α,β-unsaturated/α-hetero) is 1. The van der Waals surface area contributed by atoms with Crippen LogP contribution < -0.4 is 17.0 Å². The maximum atomic E-state index is 13.3. The first-order chi connectivity index (χ1) is 17.0. The summed E-state index contributed by atoms with van der Waals surface area (Å²) in [6, 6.07) is 17.0. The normalized spacial score (nSPS) is 13.3. The van der Waals surface area contributed by atoms with Crippen LogP contribution in [0.3, 0.4) is 0 Å². The molecule has 0 amide bonds. The molecule has 1 aliphatic carbocycles. The van der Waals surface area contributed by atoms with Gasteiger partial charge in [0, 0.05) is 17.8 Å². The number of fused-ring (bicyclic) bond motifs is 1. The molecule has 2 aromatic heterocycles. The van der Waals surface area contributed by atoms with Crippen molar-refractivity contribution in [2.45, 2.75) is 43.8 Å². The second-order valence-electron chi connectivity index (χ2n) is 8.55. The highest BCUT2D eigenvalue weighted by atomic mass is 32.2. The minimum absolute atomic E-state index is 0.0300. The van der Waals surface area contributed by atoms with Crippen molar-refractivity contribution < 1.29 is 4.79 Å². The first-order valence-corrected chi connectivity index (χ1v) is 12.6. The summed E-state index contributed by atoms with van der Waals surface area (Å²) in [6.45, 7) is 2.00. The lowest BCUT2D eigenvalue weighted by atomic mass is 10.2. The minimum atomic E-state index is -0.656. The zero-order valence-electron chi connectivity index (χ0n) is 19.3. The van der Waals surface area contributed by atoms with E-state index in [-0.39, 0.29) is 30.2 Å². The van der Waals surface area contributed by atoms with Crippen molar-refractivity contribution in [3.63, 3.8) is 0 Å². The molecule has 1 saturated carbocycles. The molecule has 0 aliphatic heterocycles. The Morgan fingerprint density at radius 3 is 2.46 bits per heavy atom. The van der Waals surface area contributed by atoms with Crippen molar-refractivity contribution in [2.75, 3.05) is 11.5 Å². The smallest absolute Gasteiger partial charge is 0.332 e. The van der Waals surface area contributed by atoms with Gasteiger partial charge in [0.1, 0.15) is 22.2 Å². The predicted octanol–water partition coefficient (Wildman–Crippen LogP) is 3.46. The summed E-state index contributed by atoms with van der Waals surface area (Å²) in [7, 11) is 0. The lowest BCUT2D eigenvalue weighted by molar-refractivity contribution is 0.102. The summed E-state index contributed by atoms with van der Waals surface area (Å²) in [5.74, 6) is 0.590. The fraction of sp³-hybridized carbons (Fsp3) is 0.269. The number of carbonyl (C=O) groups is 1. The second kappa shape index (κ2) is 9.50. The molecule has 1 aliphatic rings. The fourth-order valence-corrected chi connectivity index (χ4v) is 4.98. The Hall–Kier alpha value is -3.72. The van der Waals surface area contributed by atoms with Crippen LogP contribution in [0.1, 0.15) is 47.4 Å². The molecule has 35 heavy (non-hydrogen) atoms. The summed E-state index contributed by atoms with van der Waals surface area (Å²) in [6.07, 6.45) is 2.13. The minimum Gasteiger partial charge on any atom is -0.384 e. The summed E-state index contributed by atoms with van der Waals surface area (Å²) < 4.78 is 2.35. The molecular formula is C26H25N5O3S. The maximum absolute atomic E-state index is 13.3. The first-order valence-electron chi connectivity index (χ1n) is 11.6. The highest BCUT2D eigenvalue weighted by Gasteiger charge is 2.28. The molecule has 9 heteroatoms. The third-order valence-electron chi connectivity index (χ3n) is 6.11. The van der Waals surface area contributed by atoms with Crippen LogP contribution in [0.2, 0.25) is 0 Å². The molecule has 2 aromatic carbocycles. The summed E-state index contributed by atoms with van der Waals surface area (Å²) in [4.78, 5) is 48.8. The lowest BCUT2D eigenvalue weighted by Gasteiger charge is -2.16. The van der Waals surface area contributed by atoms with E-state index in [0.29, 0.717) is 10.9 Å². The van der Waals surface area contributed by atoms with E-state index >= 15 is 0 Å². The van der Waals surface area contributed by atoms with E-state index in [1.807, 2.05) is 54.6 Å². The molecular weight excluding hydrogens is 462 g/mol. The Labute approximate surface area is 205 Å². The average Bonchev–Trinajstić information content (AvgIpc) is 3.72. The van der Waals surface area contributed by atoms with Crippen LogP contribution in [0.25, 0.3) is 10.9 Å². The van der Waals surface area contributed by atoms with E-state index < -0.39 is 17.0 Å². The van der Waals surface area contributed by atoms with Gasteiger partial charge in [-0.25, -0.2) is 14.8 Å². The van der Waals surface area contributed by atoms with Crippen molar-refractivity contribution in [1.82, 2.24) is 19.1 Å². The molecule has 0 unspecified atom stereocenters. The van der Waals surface area contributed by atoms with Crippen molar-refractivity contribution in [3.8, 4) is 0 Å². The third-order valence-corrected chi connectivity index (χ3v) is 7.11. The molecule has 4 aromatic rings. The van der Waals surface area contributed by atoms with Crippen LogP contribution >= 0.6 is 11.8 Å². The molecule has 1 fully saturated rings. The molecule has 2 N–H and O–H groups in total. The molecule has 2 heterocycles. The molecule has 178 valence electrons. The highest BCUT2D eigenvalue weighted by Crippen LogP contribution is 2.39. The van der Waals surface area contributed by atoms with Crippen LogP contribution in [-0.2, 0) is 13.1 Å². The quantitative estimate of drug-likeness (QED) is 0.230. The zero-order valence-corrected chi connectivity index (χ0v) is 20.1. The van der Waals surface area contributed by atoms with Crippen LogP contribution in [0.4, 0.5) is 5.82 Å². The molecule has 0 atom stereocenters. The summed E-state index contributed by atoms with van der Waals surface area (Å²) >= 11 is 1.27. The number of rotatable bonds is 8. The molecule has 5 rings (SSSR count). The Morgan fingerprint density at radius 2 is 1.74 bits per heavy atom. The van der Waals surface area contributed by atoms with Crippen molar-refractivity contribution in [2.24, 2.45) is 0 Å². The first kappa shape index (κ1) is 23.0. The number of hydrogen-bond acceptors (Lipinski definition) is 7. The van der Waals surface area contributed by atoms with Gasteiger partial charge in [-0.15, -0.1) is 0 Å². The van der Waals surface area contributed by atoms with Gasteiger partial charge in [0.15, 0.2) is 5.78 Å². The van der Waals surface area contributed by atoms with Gasteiger partial charge in [0.2, 0.25) is 0 Å².